The Morgan fingerprint density at radius 1 is 1.11 bits per heavy atom. The zero-order valence-electron chi connectivity index (χ0n) is 15.9. The summed E-state index contributed by atoms with van der Waals surface area (Å²) in [5, 5.41) is 5.22. The van der Waals surface area contributed by atoms with Gasteiger partial charge in [-0.05, 0) is 30.7 Å². The lowest BCUT2D eigenvalue weighted by atomic mass is 9.97. The minimum Gasteiger partial charge on any atom is -0.373 e. The number of aromatic nitrogens is 4. The van der Waals surface area contributed by atoms with E-state index in [-0.39, 0.29) is 5.78 Å². The van der Waals surface area contributed by atoms with E-state index in [9.17, 15) is 4.79 Å². The summed E-state index contributed by atoms with van der Waals surface area (Å²) in [5.74, 6) is 0.868. The average molecular weight is 359 g/mol. The van der Waals surface area contributed by atoms with E-state index in [0.29, 0.717) is 12.1 Å². The smallest absolute Gasteiger partial charge is 0.180 e. The van der Waals surface area contributed by atoms with Crippen molar-refractivity contribution in [2.45, 2.75) is 20.3 Å². The summed E-state index contributed by atoms with van der Waals surface area (Å²) < 4.78 is 2.03. The van der Waals surface area contributed by atoms with E-state index >= 15 is 0 Å². The molecule has 4 aromatic rings. The monoisotopic (exact) mass is 359 g/mol. The molecule has 0 atom stereocenters. The molecule has 1 N–H and O–H groups in total. The van der Waals surface area contributed by atoms with Crippen LogP contribution in [-0.2, 0) is 7.05 Å². The van der Waals surface area contributed by atoms with Gasteiger partial charge in [0.2, 0.25) is 0 Å². The molecule has 3 aromatic heterocycles. The predicted molar refractivity (Wildman–Crippen MR) is 108 cm³/mol. The number of fused-ring (bicyclic) bond motifs is 3. The van der Waals surface area contributed by atoms with Gasteiger partial charge in [0.15, 0.2) is 5.78 Å². The van der Waals surface area contributed by atoms with Gasteiger partial charge in [-0.2, -0.15) is 0 Å². The number of anilines is 1. The molecule has 3 heterocycles. The van der Waals surface area contributed by atoms with Crippen molar-refractivity contribution < 1.29 is 4.79 Å². The Labute approximate surface area is 157 Å². The molecule has 0 saturated carbocycles. The fraction of sp³-hybridized carbons (Fsp3) is 0.238. The molecule has 6 nitrogen and oxygen atoms in total. The molecule has 0 bridgehead atoms. The number of nitrogens with one attached hydrogen (secondary N) is 1. The summed E-state index contributed by atoms with van der Waals surface area (Å²) in [5.41, 5.74) is 5.46. The first-order valence-electron chi connectivity index (χ1n) is 8.95. The predicted octanol–water partition coefficient (Wildman–Crippen LogP) is 4.13. The minimum atomic E-state index is 0.0509. The second-order valence-electron chi connectivity index (χ2n) is 6.68. The van der Waals surface area contributed by atoms with Crippen LogP contribution in [0, 0.1) is 6.92 Å². The topological polar surface area (TPSA) is 72.7 Å². The van der Waals surface area contributed by atoms with Crippen molar-refractivity contribution in [1.82, 2.24) is 19.5 Å². The maximum Gasteiger partial charge on any atom is 0.180 e. The van der Waals surface area contributed by atoms with Crippen molar-refractivity contribution in [3.05, 3.63) is 48.2 Å². The molecule has 0 aliphatic heterocycles. The van der Waals surface area contributed by atoms with Gasteiger partial charge in [0.05, 0.1) is 17.4 Å². The van der Waals surface area contributed by atoms with E-state index in [1.54, 1.807) is 6.20 Å². The lowest BCUT2D eigenvalue weighted by Gasteiger charge is -2.12. The number of pyridine rings is 2. The average Bonchev–Trinajstić information content (AvgIpc) is 3.08. The third-order valence-corrected chi connectivity index (χ3v) is 4.95. The van der Waals surface area contributed by atoms with Crippen LogP contribution in [0.2, 0.25) is 0 Å². The quantitative estimate of drug-likeness (QED) is 0.555. The molecule has 0 radical (unpaired) electrons. The van der Waals surface area contributed by atoms with Crippen LogP contribution in [0.5, 0.6) is 0 Å². The van der Waals surface area contributed by atoms with Crippen LogP contribution in [0.3, 0.4) is 0 Å². The summed E-state index contributed by atoms with van der Waals surface area (Å²) in [7, 11) is 3.85. The molecular formula is C21H21N5O. The molecule has 0 amide bonds. The van der Waals surface area contributed by atoms with E-state index in [1.165, 1.54) is 0 Å². The Morgan fingerprint density at radius 2 is 1.93 bits per heavy atom. The summed E-state index contributed by atoms with van der Waals surface area (Å²) in [6.07, 6.45) is 5.92. The number of Topliss-reactive ketones (excluding diaryl/α,β-unsaturated/α-hetero) is 1. The molecule has 0 aliphatic rings. The second kappa shape index (κ2) is 6.46. The van der Waals surface area contributed by atoms with Gasteiger partial charge < -0.3 is 9.88 Å². The van der Waals surface area contributed by atoms with Gasteiger partial charge in [-0.3, -0.25) is 9.78 Å². The Kier molecular flexibility index (Phi) is 4.11. The maximum absolute atomic E-state index is 12.0. The Morgan fingerprint density at radius 3 is 2.63 bits per heavy atom. The van der Waals surface area contributed by atoms with Gasteiger partial charge in [0, 0.05) is 54.8 Å². The number of ketones is 1. The first-order valence-corrected chi connectivity index (χ1v) is 8.95. The number of carbonyl (C=O) groups excluding carboxylic acids is 1. The van der Waals surface area contributed by atoms with Gasteiger partial charge >= 0.3 is 0 Å². The van der Waals surface area contributed by atoms with Gasteiger partial charge in [0.1, 0.15) is 11.5 Å². The third-order valence-electron chi connectivity index (χ3n) is 4.95. The first kappa shape index (κ1) is 17.1. The summed E-state index contributed by atoms with van der Waals surface area (Å²) in [6, 6.07) is 6.00. The lowest BCUT2D eigenvalue weighted by molar-refractivity contribution is 0.0983. The zero-order valence-corrected chi connectivity index (χ0v) is 15.9. The molecule has 27 heavy (non-hydrogen) atoms. The van der Waals surface area contributed by atoms with Gasteiger partial charge in [-0.1, -0.05) is 6.92 Å². The Hall–Kier alpha value is -3.28. The highest BCUT2D eigenvalue weighted by atomic mass is 16.1. The fourth-order valence-electron chi connectivity index (χ4n) is 3.47. The Bertz CT molecular complexity index is 1190. The molecule has 0 aliphatic carbocycles. The highest BCUT2D eigenvalue weighted by molar-refractivity contribution is 6.11. The number of nitrogens with zero attached hydrogens (tertiary/aromatic N) is 4. The van der Waals surface area contributed by atoms with Crippen molar-refractivity contribution in [2.24, 2.45) is 7.05 Å². The summed E-state index contributed by atoms with van der Waals surface area (Å²) in [6.45, 7) is 3.85. The molecule has 4 rings (SSSR count). The molecule has 0 spiro atoms. The van der Waals surface area contributed by atoms with Crippen molar-refractivity contribution >= 4 is 33.4 Å². The van der Waals surface area contributed by atoms with Gasteiger partial charge in [0.25, 0.3) is 0 Å². The number of hydrogen-bond acceptors (Lipinski definition) is 5. The van der Waals surface area contributed by atoms with Crippen molar-refractivity contribution in [3.63, 3.8) is 0 Å². The number of rotatable bonds is 4. The number of benzene rings is 1. The minimum absolute atomic E-state index is 0.0509. The van der Waals surface area contributed by atoms with Crippen LogP contribution in [0.25, 0.3) is 32.9 Å². The number of aryl methyl sites for hydroxylation is 2. The molecule has 1 aromatic carbocycles. The van der Waals surface area contributed by atoms with Gasteiger partial charge in [-0.15, -0.1) is 0 Å². The molecule has 6 heteroatoms. The van der Waals surface area contributed by atoms with Crippen molar-refractivity contribution in [2.75, 3.05) is 12.4 Å². The van der Waals surface area contributed by atoms with E-state index in [2.05, 4.69) is 26.3 Å². The Balaban J connectivity index is 2.01. The molecule has 0 unspecified atom stereocenters. The SMILES string of the molecule is CCC(=O)c1cc(C)c(-c2cc3cnc(NC)cc3c3c2ncn3C)cn1. The molecule has 0 saturated heterocycles. The highest BCUT2D eigenvalue weighted by Gasteiger charge is 2.16. The number of imidazole rings is 1. The molecular weight excluding hydrogens is 338 g/mol. The highest BCUT2D eigenvalue weighted by Crippen LogP contribution is 2.35. The van der Waals surface area contributed by atoms with E-state index < -0.39 is 0 Å². The third kappa shape index (κ3) is 2.73. The van der Waals surface area contributed by atoms with Crippen LogP contribution in [0.15, 0.2) is 36.9 Å². The van der Waals surface area contributed by atoms with Crippen LogP contribution in [0.1, 0.15) is 29.4 Å². The van der Waals surface area contributed by atoms with Crippen molar-refractivity contribution in [3.8, 4) is 11.1 Å². The van der Waals surface area contributed by atoms with Crippen LogP contribution in [0.4, 0.5) is 5.82 Å². The van der Waals surface area contributed by atoms with E-state index in [0.717, 1.165) is 44.3 Å². The number of carbonyl (C=O) groups is 1. The van der Waals surface area contributed by atoms with Crippen LogP contribution < -0.4 is 5.32 Å². The summed E-state index contributed by atoms with van der Waals surface area (Å²) >= 11 is 0. The maximum atomic E-state index is 12.0. The summed E-state index contributed by atoms with van der Waals surface area (Å²) in [4.78, 5) is 25.5. The van der Waals surface area contributed by atoms with Gasteiger partial charge in [-0.25, -0.2) is 9.97 Å². The lowest BCUT2D eigenvalue weighted by Crippen LogP contribution is -2.01. The van der Waals surface area contributed by atoms with Crippen LogP contribution >= 0.6 is 0 Å². The molecule has 0 fully saturated rings. The van der Waals surface area contributed by atoms with Crippen LogP contribution in [-0.4, -0.2) is 32.3 Å². The van der Waals surface area contributed by atoms with E-state index in [4.69, 9.17) is 0 Å². The number of hydrogen-bond donors (Lipinski definition) is 1. The second-order valence-corrected chi connectivity index (χ2v) is 6.68. The fourth-order valence-corrected chi connectivity index (χ4v) is 3.47. The largest absolute Gasteiger partial charge is 0.373 e. The zero-order chi connectivity index (χ0) is 19.1. The van der Waals surface area contributed by atoms with E-state index in [1.807, 2.05) is 57.2 Å². The normalized spacial score (nSPS) is 11.3. The first-order chi connectivity index (χ1) is 13.0. The standard InChI is InChI=1S/C21H21N5O/c1-5-18(27)17-6-12(2)16(10-23-17)15-7-13-9-24-19(22-3)8-14(13)21-20(15)25-11-26(21)4/h6-11H,5H2,1-4H3,(H,22,24). The molecule has 136 valence electrons. The van der Waals surface area contributed by atoms with Crippen molar-refractivity contribution in [1.29, 1.82) is 0 Å².